The summed E-state index contributed by atoms with van der Waals surface area (Å²) in [6.45, 7) is 3.80. The maximum atomic E-state index is 12.6. The topological polar surface area (TPSA) is 60.0 Å². The van der Waals surface area contributed by atoms with E-state index in [0.717, 1.165) is 42.1 Å². The second-order valence-corrected chi connectivity index (χ2v) is 7.04. The van der Waals surface area contributed by atoms with Crippen molar-refractivity contribution in [3.05, 3.63) is 53.6 Å². The first kappa shape index (κ1) is 20.0. The molecule has 2 aromatic carbocycles. The first-order valence-electron chi connectivity index (χ1n) is 9.53. The number of rotatable bonds is 6. The van der Waals surface area contributed by atoms with E-state index in [2.05, 4.69) is 5.32 Å². The Bertz CT molecular complexity index is 769. The number of amides is 2. The molecule has 0 aromatic heterocycles. The third-order valence-electron chi connectivity index (χ3n) is 4.87. The molecule has 2 amide bonds. The number of carbonyl (C=O) groups is 1. The quantitative estimate of drug-likeness (QED) is 0.810. The lowest BCUT2D eigenvalue weighted by atomic mass is 10.1. The lowest BCUT2D eigenvalue weighted by molar-refractivity contribution is 0.000909. The van der Waals surface area contributed by atoms with Gasteiger partial charge >= 0.3 is 6.03 Å². The predicted molar refractivity (Wildman–Crippen MR) is 109 cm³/mol. The average molecular weight is 384 g/mol. The molecule has 1 aliphatic heterocycles. The average Bonchev–Trinajstić information content (AvgIpc) is 2.73. The van der Waals surface area contributed by atoms with E-state index in [-0.39, 0.29) is 12.1 Å². The Hall–Kier alpha value is -2.73. The second-order valence-electron chi connectivity index (χ2n) is 7.04. The van der Waals surface area contributed by atoms with Crippen LogP contribution in [0, 0.1) is 6.92 Å². The van der Waals surface area contributed by atoms with Crippen LogP contribution in [0.25, 0.3) is 0 Å². The molecular weight excluding hydrogens is 356 g/mol. The van der Waals surface area contributed by atoms with Crippen molar-refractivity contribution in [1.82, 2.24) is 4.90 Å². The number of likely N-dealkylation sites (tertiary alicyclic amines) is 1. The molecule has 0 spiro atoms. The summed E-state index contributed by atoms with van der Waals surface area (Å²) in [6, 6.07) is 13.4. The maximum absolute atomic E-state index is 12.6. The van der Waals surface area contributed by atoms with Crippen molar-refractivity contribution in [2.45, 2.75) is 32.5 Å². The summed E-state index contributed by atoms with van der Waals surface area (Å²) < 4.78 is 16.7. The molecule has 0 saturated carbocycles. The van der Waals surface area contributed by atoms with Gasteiger partial charge in [-0.1, -0.05) is 17.7 Å². The molecule has 0 aliphatic carbocycles. The summed E-state index contributed by atoms with van der Waals surface area (Å²) in [5.41, 5.74) is 2.96. The number of nitrogens with zero attached hydrogens (tertiary/aromatic N) is 1. The Morgan fingerprint density at radius 3 is 2.43 bits per heavy atom. The van der Waals surface area contributed by atoms with Crippen LogP contribution in [0.3, 0.4) is 0 Å². The van der Waals surface area contributed by atoms with Gasteiger partial charge in [-0.15, -0.1) is 0 Å². The van der Waals surface area contributed by atoms with Gasteiger partial charge in [0.2, 0.25) is 0 Å². The SMILES string of the molecule is COc1cc(COC2CCCN(C(=O)Nc3ccc(C)cc3)C2)cc(OC)c1. The number of hydrogen-bond donors (Lipinski definition) is 1. The van der Waals surface area contributed by atoms with Gasteiger partial charge < -0.3 is 24.4 Å². The lowest BCUT2D eigenvalue weighted by Gasteiger charge is -2.32. The van der Waals surface area contributed by atoms with Crippen molar-refractivity contribution >= 4 is 11.7 Å². The number of methoxy groups -OCH3 is 2. The third-order valence-corrected chi connectivity index (χ3v) is 4.87. The molecule has 1 heterocycles. The highest BCUT2D eigenvalue weighted by molar-refractivity contribution is 5.89. The number of carbonyl (C=O) groups excluding carboxylic acids is 1. The second kappa shape index (κ2) is 9.46. The highest BCUT2D eigenvalue weighted by Crippen LogP contribution is 2.24. The van der Waals surface area contributed by atoms with E-state index in [1.54, 1.807) is 14.2 Å². The summed E-state index contributed by atoms with van der Waals surface area (Å²) in [5, 5.41) is 2.96. The predicted octanol–water partition coefficient (Wildman–Crippen LogP) is 4.23. The van der Waals surface area contributed by atoms with Crippen LogP contribution in [0.5, 0.6) is 11.5 Å². The molecule has 1 fully saturated rings. The van der Waals surface area contributed by atoms with Gasteiger partial charge in [0, 0.05) is 24.8 Å². The van der Waals surface area contributed by atoms with E-state index in [4.69, 9.17) is 14.2 Å². The summed E-state index contributed by atoms with van der Waals surface area (Å²) in [5.74, 6) is 1.47. The number of urea groups is 1. The van der Waals surface area contributed by atoms with E-state index in [1.807, 2.05) is 54.3 Å². The van der Waals surface area contributed by atoms with E-state index in [0.29, 0.717) is 13.2 Å². The van der Waals surface area contributed by atoms with Crippen molar-refractivity contribution in [3.8, 4) is 11.5 Å². The molecule has 1 aliphatic rings. The van der Waals surface area contributed by atoms with Gasteiger partial charge in [0.05, 0.1) is 26.9 Å². The Morgan fingerprint density at radius 1 is 1.11 bits per heavy atom. The van der Waals surface area contributed by atoms with Crippen LogP contribution in [0.1, 0.15) is 24.0 Å². The molecule has 1 unspecified atom stereocenters. The molecule has 3 rings (SSSR count). The minimum atomic E-state index is -0.0831. The highest BCUT2D eigenvalue weighted by Gasteiger charge is 2.24. The zero-order valence-corrected chi connectivity index (χ0v) is 16.7. The molecule has 0 radical (unpaired) electrons. The van der Waals surface area contributed by atoms with Gasteiger partial charge in [-0.3, -0.25) is 0 Å². The van der Waals surface area contributed by atoms with Crippen molar-refractivity contribution in [2.75, 3.05) is 32.6 Å². The zero-order valence-electron chi connectivity index (χ0n) is 16.7. The van der Waals surface area contributed by atoms with Crippen LogP contribution in [0.4, 0.5) is 10.5 Å². The van der Waals surface area contributed by atoms with Gasteiger partial charge in [-0.05, 0) is 49.6 Å². The molecular formula is C22H28N2O4. The number of anilines is 1. The number of hydrogen-bond acceptors (Lipinski definition) is 4. The first-order chi connectivity index (χ1) is 13.6. The van der Waals surface area contributed by atoms with Crippen molar-refractivity contribution < 1.29 is 19.0 Å². The normalized spacial score (nSPS) is 16.5. The summed E-state index contributed by atoms with van der Waals surface area (Å²) >= 11 is 0. The highest BCUT2D eigenvalue weighted by atomic mass is 16.5. The Labute approximate surface area is 166 Å². The molecule has 2 aromatic rings. The van der Waals surface area contributed by atoms with Crippen LogP contribution in [-0.2, 0) is 11.3 Å². The molecule has 1 saturated heterocycles. The lowest BCUT2D eigenvalue weighted by Crippen LogP contribution is -2.45. The molecule has 150 valence electrons. The fourth-order valence-electron chi connectivity index (χ4n) is 3.26. The van der Waals surface area contributed by atoms with E-state index in [9.17, 15) is 4.79 Å². The molecule has 28 heavy (non-hydrogen) atoms. The largest absolute Gasteiger partial charge is 0.497 e. The van der Waals surface area contributed by atoms with Crippen LogP contribution in [-0.4, -0.2) is 44.3 Å². The number of aryl methyl sites for hydroxylation is 1. The van der Waals surface area contributed by atoms with Crippen LogP contribution < -0.4 is 14.8 Å². The number of benzene rings is 2. The van der Waals surface area contributed by atoms with Gasteiger partial charge in [0.15, 0.2) is 0 Å². The van der Waals surface area contributed by atoms with E-state index >= 15 is 0 Å². The Balaban J connectivity index is 1.54. The van der Waals surface area contributed by atoms with Crippen molar-refractivity contribution in [1.29, 1.82) is 0 Å². The standard InChI is InChI=1S/C22H28N2O4/c1-16-6-8-18(9-7-16)23-22(25)24-10-4-5-19(14-24)28-15-17-11-20(26-2)13-21(12-17)27-3/h6-9,11-13,19H,4-5,10,14-15H2,1-3H3,(H,23,25). The number of piperidine rings is 1. The van der Waals surface area contributed by atoms with Crippen LogP contribution in [0.2, 0.25) is 0 Å². The smallest absolute Gasteiger partial charge is 0.321 e. The van der Waals surface area contributed by atoms with Crippen molar-refractivity contribution in [2.24, 2.45) is 0 Å². The Kier molecular flexibility index (Phi) is 6.76. The fraction of sp³-hybridized carbons (Fsp3) is 0.409. The van der Waals surface area contributed by atoms with E-state index in [1.165, 1.54) is 5.56 Å². The molecule has 6 heteroatoms. The molecule has 1 N–H and O–H groups in total. The van der Waals surface area contributed by atoms with Gasteiger partial charge in [-0.2, -0.15) is 0 Å². The number of nitrogens with one attached hydrogen (secondary N) is 1. The summed E-state index contributed by atoms with van der Waals surface area (Å²) in [6.07, 6.45) is 1.87. The molecule has 6 nitrogen and oxygen atoms in total. The van der Waals surface area contributed by atoms with Crippen molar-refractivity contribution in [3.63, 3.8) is 0 Å². The monoisotopic (exact) mass is 384 g/mol. The van der Waals surface area contributed by atoms with Crippen LogP contribution in [0.15, 0.2) is 42.5 Å². The first-order valence-corrected chi connectivity index (χ1v) is 9.53. The van der Waals surface area contributed by atoms with Crippen LogP contribution >= 0.6 is 0 Å². The Morgan fingerprint density at radius 2 is 1.79 bits per heavy atom. The number of ether oxygens (including phenoxy) is 3. The summed E-state index contributed by atoms with van der Waals surface area (Å²) in [7, 11) is 3.26. The maximum Gasteiger partial charge on any atom is 0.321 e. The molecule has 1 atom stereocenters. The fourth-order valence-corrected chi connectivity index (χ4v) is 3.26. The molecule has 0 bridgehead atoms. The third kappa shape index (κ3) is 5.39. The van der Waals surface area contributed by atoms with Gasteiger partial charge in [0.25, 0.3) is 0 Å². The van der Waals surface area contributed by atoms with Gasteiger partial charge in [0.1, 0.15) is 11.5 Å². The zero-order chi connectivity index (χ0) is 19.9. The minimum absolute atomic E-state index is 0.00899. The van der Waals surface area contributed by atoms with Gasteiger partial charge in [-0.25, -0.2) is 4.79 Å². The van der Waals surface area contributed by atoms with E-state index < -0.39 is 0 Å². The summed E-state index contributed by atoms with van der Waals surface area (Å²) in [4.78, 5) is 14.4. The minimum Gasteiger partial charge on any atom is -0.497 e.